The number of rotatable bonds is 3. The fourth-order valence-corrected chi connectivity index (χ4v) is 3.89. The molecule has 7 heteroatoms. The normalized spacial score (nSPS) is 20.1. The predicted molar refractivity (Wildman–Crippen MR) is 93.8 cm³/mol. The number of amides is 2. The molecule has 0 N–H and O–H groups in total. The second-order valence-corrected chi connectivity index (χ2v) is 8.45. The maximum atomic E-state index is 12.6. The fraction of sp³-hybridized carbons (Fsp3) is 0.412. The first-order valence-corrected chi connectivity index (χ1v) is 9.49. The highest BCUT2D eigenvalue weighted by molar-refractivity contribution is 7.92. The predicted octanol–water partition coefficient (Wildman–Crippen LogP) is 1.48. The molecule has 1 atom stereocenters. The Labute approximate surface area is 142 Å². The van der Waals surface area contributed by atoms with Crippen molar-refractivity contribution in [2.24, 2.45) is 0 Å². The zero-order valence-corrected chi connectivity index (χ0v) is 14.8. The molecule has 130 valence electrons. The fourth-order valence-electron chi connectivity index (χ4n) is 2.55. The largest absolute Gasteiger partial charge is 0.338 e. The highest BCUT2D eigenvalue weighted by atomic mass is 32.2. The first-order valence-electron chi connectivity index (χ1n) is 7.77. The van der Waals surface area contributed by atoms with Crippen LogP contribution in [0.1, 0.15) is 23.7 Å². The maximum Gasteiger partial charge on any atom is 0.253 e. The molecular formula is C17H22N2O4S. The summed E-state index contributed by atoms with van der Waals surface area (Å²) in [6.45, 7) is 5.76. The van der Waals surface area contributed by atoms with E-state index in [0.29, 0.717) is 24.2 Å². The van der Waals surface area contributed by atoms with Crippen LogP contribution in [-0.4, -0.2) is 56.3 Å². The number of hydrogen-bond acceptors (Lipinski definition) is 4. The summed E-state index contributed by atoms with van der Waals surface area (Å²) in [5, 5.41) is -0.420. The van der Waals surface area contributed by atoms with Crippen molar-refractivity contribution < 1.29 is 18.0 Å². The second-order valence-electron chi connectivity index (χ2n) is 5.91. The molecule has 1 aromatic rings. The van der Waals surface area contributed by atoms with Crippen LogP contribution in [0.5, 0.6) is 0 Å². The van der Waals surface area contributed by atoms with Crippen molar-refractivity contribution in [3.8, 4) is 0 Å². The first-order chi connectivity index (χ1) is 11.3. The number of nitrogens with zero attached hydrogens (tertiary/aromatic N) is 2. The van der Waals surface area contributed by atoms with E-state index >= 15 is 0 Å². The molecule has 1 aromatic carbocycles. The molecule has 1 aliphatic rings. The third-order valence-electron chi connectivity index (χ3n) is 4.36. The maximum absolute atomic E-state index is 12.6. The summed E-state index contributed by atoms with van der Waals surface area (Å²) >= 11 is 0. The van der Waals surface area contributed by atoms with Crippen molar-refractivity contribution in [2.45, 2.75) is 18.6 Å². The van der Waals surface area contributed by atoms with Gasteiger partial charge in [-0.1, -0.05) is 6.58 Å². The molecule has 0 saturated carbocycles. The molecule has 1 saturated heterocycles. The summed E-state index contributed by atoms with van der Waals surface area (Å²) in [5.74, 6) is -0.432. The van der Waals surface area contributed by atoms with Gasteiger partial charge in [-0.15, -0.1) is 0 Å². The molecule has 6 nitrogen and oxygen atoms in total. The van der Waals surface area contributed by atoms with Gasteiger partial charge in [-0.05, 0) is 43.7 Å². The van der Waals surface area contributed by atoms with E-state index in [2.05, 4.69) is 6.58 Å². The summed E-state index contributed by atoms with van der Waals surface area (Å²) in [6.07, 6.45) is 1.67. The lowest BCUT2D eigenvalue weighted by Crippen LogP contribution is -2.33. The average molecular weight is 350 g/mol. The molecular weight excluding hydrogens is 328 g/mol. The molecule has 0 bridgehead atoms. The van der Waals surface area contributed by atoms with Crippen molar-refractivity contribution in [3.05, 3.63) is 42.5 Å². The zero-order valence-electron chi connectivity index (χ0n) is 13.9. The van der Waals surface area contributed by atoms with Gasteiger partial charge in [-0.3, -0.25) is 9.59 Å². The Balaban J connectivity index is 2.13. The minimum atomic E-state index is -3.12. The van der Waals surface area contributed by atoms with Crippen LogP contribution >= 0.6 is 0 Å². The van der Waals surface area contributed by atoms with Crippen molar-refractivity contribution in [2.75, 3.05) is 30.8 Å². The standard InChI is InChI=1S/C17H22N2O4S/c1-4-16(20)18(3)15-7-5-14(6-8-15)17(21)19-10-9-13(2)24(22,23)12-11-19/h4-8,13H,1,9-12H2,2-3H3. The smallest absolute Gasteiger partial charge is 0.253 e. The number of anilines is 1. The Morgan fingerprint density at radius 1 is 1.25 bits per heavy atom. The third kappa shape index (κ3) is 3.84. The van der Waals surface area contributed by atoms with Crippen molar-refractivity contribution in [1.82, 2.24) is 4.90 Å². The van der Waals surface area contributed by atoms with E-state index in [1.807, 2.05) is 0 Å². The van der Waals surface area contributed by atoms with E-state index in [1.165, 1.54) is 11.0 Å². The highest BCUT2D eigenvalue weighted by Crippen LogP contribution is 2.18. The quantitative estimate of drug-likeness (QED) is 0.774. The Morgan fingerprint density at radius 3 is 2.46 bits per heavy atom. The summed E-state index contributed by atoms with van der Waals surface area (Å²) < 4.78 is 23.9. The average Bonchev–Trinajstić information content (AvgIpc) is 2.72. The number of sulfone groups is 1. The van der Waals surface area contributed by atoms with Gasteiger partial charge in [-0.2, -0.15) is 0 Å². The molecule has 1 aliphatic heterocycles. The lowest BCUT2D eigenvalue weighted by Gasteiger charge is -2.20. The van der Waals surface area contributed by atoms with Crippen LogP contribution in [0.15, 0.2) is 36.9 Å². The van der Waals surface area contributed by atoms with Crippen LogP contribution < -0.4 is 4.90 Å². The van der Waals surface area contributed by atoms with Gasteiger partial charge in [0.15, 0.2) is 9.84 Å². The van der Waals surface area contributed by atoms with Crippen LogP contribution in [0.25, 0.3) is 0 Å². The van der Waals surface area contributed by atoms with Crippen molar-refractivity contribution in [1.29, 1.82) is 0 Å². The molecule has 0 aliphatic carbocycles. The first kappa shape index (κ1) is 18.2. The van der Waals surface area contributed by atoms with E-state index in [-0.39, 0.29) is 24.1 Å². The lowest BCUT2D eigenvalue weighted by atomic mass is 10.1. The van der Waals surface area contributed by atoms with Crippen LogP contribution in [0.4, 0.5) is 5.69 Å². The van der Waals surface area contributed by atoms with Crippen LogP contribution in [0.3, 0.4) is 0 Å². The Morgan fingerprint density at radius 2 is 1.88 bits per heavy atom. The molecule has 0 radical (unpaired) electrons. The van der Waals surface area contributed by atoms with Gasteiger partial charge in [0, 0.05) is 31.4 Å². The summed E-state index contributed by atoms with van der Waals surface area (Å²) in [5.41, 5.74) is 1.13. The van der Waals surface area contributed by atoms with Gasteiger partial charge in [0.1, 0.15) is 0 Å². The Kier molecular flexibility index (Phi) is 5.43. The van der Waals surface area contributed by atoms with E-state index in [0.717, 1.165) is 0 Å². The van der Waals surface area contributed by atoms with Crippen LogP contribution in [0.2, 0.25) is 0 Å². The van der Waals surface area contributed by atoms with Gasteiger partial charge < -0.3 is 9.80 Å². The molecule has 1 heterocycles. The van der Waals surface area contributed by atoms with Crippen molar-refractivity contribution in [3.63, 3.8) is 0 Å². The van der Waals surface area contributed by atoms with E-state index in [1.54, 1.807) is 43.1 Å². The number of carbonyl (C=O) groups is 2. The minimum absolute atomic E-state index is 0.00539. The van der Waals surface area contributed by atoms with Gasteiger partial charge in [-0.25, -0.2) is 8.42 Å². The SMILES string of the molecule is C=CC(=O)N(C)c1ccc(C(=O)N2CCC(C)S(=O)(=O)CC2)cc1. The summed E-state index contributed by atoms with van der Waals surface area (Å²) in [7, 11) is -1.50. The Hall–Kier alpha value is -2.15. The van der Waals surface area contributed by atoms with Crippen molar-refractivity contribution >= 4 is 27.3 Å². The molecule has 1 fully saturated rings. The van der Waals surface area contributed by atoms with Gasteiger partial charge in [0.25, 0.3) is 5.91 Å². The summed E-state index contributed by atoms with van der Waals surface area (Å²) in [4.78, 5) is 27.2. The minimum Gasteiger partial charge on any atom is -0.338 e. The van der Waals surface area contributed by atoms with E-state index in [9.17, 15) is 18.0 Å². The molecule has 0 spiro atoms. The molecule has 24 heavy (non-hydrogen) atoms. The van der Waals surface area contributed by atoms with Crippen LogP contribution in [0, 0.1) is 0 Å². The zero-order chi connectivity index (χ0) is 17.9. The third-order valence-corrected chi connectivity index (χ3v) is 6.57. The van der Waals surface area contributed by atoms with E-state index < -0.39 is 15.1 Å². The molecule has 0 aromatic heterocycles. The number of likely N-dealkylation sites (N-methyl/N-ethyl adjacent to an activating group) is 1. The summed E-state index contributed by atoms with van der Waals surface area (Å²) in [6, 6.07) is 6.67. The monoisotopic (exact) mass is 350 g/mol. The molecule has 2 amide bonds. The van der Waals surface area contributed by atoms with Crippen LogP contribution in [-0.2, 0) is 14.6 Å². The van der Waals surface area contributed by atoms with Gasteiger partial charge >= 0.3 is 0 Å². The number of carbonyl (C=O) groups excluding carboxylic acids is 2. The topological polar surface area (TPSA) is 74.8 Å². The molecule has 2 rings (SSSR count). The van der Waals surface area contributed by atoms with E-state index in [4.69, 9.17) is 0 Å². The molecule has 1 unspecified atom stereocenters. The second kappa shape index (κ2) is 7.17. The van der Waals surface area contributed by atoms with Gasteiger partial charge in [0.2, 0.25) is 5.91 Å². The number of benzene rings is 1. The van der Waals surface area contributed by atoms with Gasteiger partial charge in [0.05, 0.1) is 11.0 Å². The Bertz CT molecular complexity index is 740. The highest BCUT2D eigenvalue weighted by Gasteiger charge is 2.28. The lowest BCUT2D eigenvalue weighted by molar-refractivity contribution is -0.113. The number of hydrogen-bond donors (Lipinski definition) is 0.